The average Bonchev–Trinajstić information content (AvgIpc) is 2.55. The second kappa shape index (κ2) is 7.86. The average molecular weight is 312 g/mol. The molecule has 118 valence electrons. The molecule has 0 radical (unpaired) electrons. The molecule has 6 nitrogen and oxygen atoms in total. The summed E-state index contributed by atoms with van der Waals surface area (Å²) >= 11 is 0. The predicted octanol–water partition coefficient (Wildman–Crippen LogP) is 2.78. The van der Waals surface area contributed by atoms with E-state index >= 15 is 0 Å². The first-order chi connectivity index (χ1) is 11.1. The van der Waals surface area contributed by atoms with Crippen LogP contribution < -0.4 is 5.32 Å². The van der Waals surface area contributed by atoms with Crippen LogP contribution in [0.1, 0.15) is 11.1 Å². The zero-order chi connectivity index (χ0) is 16.7. The fourth-order valence-electron chi connectivity index (χ4n) is 2.03. The summed E-state index contributed by atoms with van der Waals surface area (Å²) in [6.07, 6.45) is 3.23. The Balaban J connectivity index is 2.03. The van der Waals surface area contributed by atoms with Crippen LogP contribution in [0.5, 0.6) is 0 Å². The highest BCUT2D eigenvalue weighted by molar-refractivity contribution is 6.02. The standard InChI is InChI=1S/C17H16N2O4/c20-12-11-13-5-8-15(9-6-13)18-17(21)10-7-14-3-1-2-4-16(14)19(22)23/h1-10,20H,11-12H2,(H,18,21). The van der Waals surface area contributed by atoms with Gasteiger partial charge in [0, 0.05) is 24.4 Å². The van der Waals surface area contributed by atoms with Crippen molar-refractivity contribution in [1.82, 2.24) is 0 Å². The first-order valence-electron chi connectivity index (χ1n) is 7.02. The lowest BCUT2D eigenvalue weighted by atomic mass is 10.1. The molecular weight excluding hydrogens is 296 g/mol. The molecule has 0 saturated carbocycles. The number of rotatable bonds is 6. The first kappa shape index (κ1) is 16.4. The van der Waals surface area contributed by atoms with Crippen LogP contribution in [-0.2, 0) is 11.2 Å². The molecule has 0 fully saturated rings. The number of anilines is 1. The Bertz CT molecular complexity index is 724. The number of nitrogens with zero attached hydrogens (tertiary/aromatic N) is 1. The topological polar surface area (TPSA) is 92.5 Å². The number of aliphatic hydroxyl groups excluding tert-OH is 1. The zero-order valence-electron chi connectivity index (χ0n) is 12.3. The van der Waals surface area contributed by atoms with Gasteiger partial charge in [0.25, 0.3) is 5.69 Å². The molecule has 0 bridgehead atoms. The van der Waals surface area contributed by atoms with Crippen LogP contribution in [0.25, 0.3) is 6.08 Å². The third-order valence-corrected chi connectivity index (χ3v) is 3.17. The number of nitro groups is 1. The van der Waals surface area contributed by atoms with E-state index in [0.717, 1.165) is 5.56 Å². The summed E-state index contributed by atoms with van der Waals surface area (Å²) in [5.41, 5.74) is 1.90. The van der Waals surface area contributed by atoms with E-state index in [4.69, 9.17) is 5.11 Å². The number of para-hydroxylation sites is 1. The van der Waals surface area contributed by atoms with Gasteiger partial charge in [-0.05, 0) is 36.3 Å². The summed E-state index contributed by atoms with van der Waals surface area (Å²) in [6.45, 7) is 0.0737. The second-order valence-electron chi connectivity index (χ2n) is 4.81. The minimum atomic E-state index is -0.489. The molecule has 0 aliphatic carbocycles. The summed E-state index contributed by atoms with van der Waals surface area (Å²) in [7, 11) is 0. The van der Waals surface area contributed by atoms with E-state index in [1.54, 1.807) is 30.3 Å². The van der Waals surface area contributed by atoms with Crippen molar-refractivity contribution in [2.24, 2.45) is 0 Å². The van der Waals surface area contributed by atoms with Crippen molar-refractivity contribution >= 4 is 23.4 Å². The van der Waals surface area contributed by atoms with Crippen LogP contribution in [-0.4, -0.2) is 22.5 Å². The highest BCUT2D eigenvalue weighted by atomic mass is 16.6. The molecule has 2 rings (SSSR count). The number of nitrogens with one attached hydrogen (secondary N) is 1. The summed E-state index contributed by atoms with van der Waals surface area (Å²) in [6, 6.07) is 13.3. The lowest BCUT2D eigenvalue weighted by Gasteiger charge is -2.04. The Kier molecular flexibility index (Phi) is 5.60. The molecule has 1 amide bonds. The van der Waals surface area contributed by atoms with Crippen LogP contribution in [0, 0.1) is 10.1 Å². The SMILES string of the molecule is O=C(C=Cc1ccccc1[N+](=O)[O-])Nc1ccc(CCO)cc1. The van der Waals surface area contributed by atoms with E-state index in [9.17, 15) is 14.9 Å². The number of aliphatic hydroxyl groups is 1. The fourth-order valence-corrected chi connectivity index (χ4v) is 2.03. The Morgan fingerprint density at radius 3 is 2.52 bits per heavy atom. The van der Waals surface area contributed by atoms with Gasteiger partial charge in [-0.3, -0.25) is 14.9 Å². The van der Waals surface area contributed by atoms with E-state index < -0.39 is 4.92 Å². The lowest BCUT2D eigenvalue weighted by molar-refractivity contribution is -0.385. The molecule has 0 aliphatic heterocycles. The van der Waals surface area contributed by atoms with E-state index in [1.165, 1.54) is 18.2 Å². The number of hydrogen-bond donors (Lipinski definition) is 2. The van der Waals surface area contributed by atoms with Gasteiger partial charge < -0.3 is 10.4 Å². The molecule has 2 aromatic carbocycles. The van der Waals surface area contributed by atoms with Gasteiger partial charge in [-0.2, -0.15) is 0 Å². The predicted molar refractivity (Wildman–Crippen MR) is 88.0 cm³/mol. The van der Waals surface area contributed by atoms with Crippen molar-refractivity contribution in [1.29, 1.82) is 0 Å². The van der Waals surface area contributed by atoms with Crippen LogP contribution in [0.2, 0.25) is 0 Å². The summed E-state index contributed by atoms with van der Waals surface area (Å²) in [5.74, 6) is -0.377. The molecule has 0 saturated heterocycles. The van der Waals surface area contributed by atoms with Crippen molar-refractivity contribution < 1.29 is 14.8 Å². The number of hydrogen-bond acceptors (Lipinski definition) is 4. The number of amides is 1. The van der Waals surface area contributed by atoms with Crippen LogP contribution in [0.15, 0.2) is 54.6 Å². The quantitative estimate of drug-likeness (QED) is 0.487. The normalized spacial score (nSPS) is 10.7. The van der Waals surface area contributed by atoms with Crippen LogP contribution in [0.3, 0.4) is 0 Å². The Morgan fingerprint density at radius 2 is 1.87 bits per heavy atom. The van der Waals surface area contributed by atoms with Crippen molar-refractivity contribution in [2.45, 2.75) is 6.42 Å². The Hall–Kier alpha value is -2.99. The van der Waals surface area contributed by atoms with Gasteiger partial charge >= 0.3 is 0 Å². The fraction of sp³-hybridized carbons (Fsp3) is 0.118. The van der Waals surface area contributed by atoms with Gasteiger partial charge in [0.05, 0.1) is 10.5 Å². The maximum absolute atomic E-state index is 11.9. The van der Waals surface area contributed by atoms with Gasteiger partial charge in [0.15, 0.2) is 0 Å². The van der Waals surface area contributed by atoms with Gasteiger partial charge in [-0.15, -0.1) is 0 Å². The number of nitro benzene ring substituents is 1. The monoisotopic (exact) mass is 312 g/mol. The molecule has 0 unspecified atom stereocenters. The highest BCUT2D eigenvalue weighted by Crippen LogP contribution is 2.19. The van der Waals surface area contributed by atoms with Gasteiger partial charge in [-0.25, -0.2) is 0 Å². The number of benzene rings is 2. The molecule has 0 aromatic heterocycles. The smallest absolute Gasteiger partial charge is 0.276 e. The van der Waals surface area contributed by atoms with E-state index in [1.807, 2.05) is 12.1 Å². The summed E-state index contributed by atoms with van der Waals surface area (Å²) in [4.78, 5) is 22.3. The lowest BCUT2D eigenvalue weighted by Crippen LogP contribution is -2.07. The molecule has 0 atom stereocenters. The van der Waals surface area contributed by atoms with Gasteiger partial charge in [-0.1, -0.05) is 24.3 Å². The van der Waals surface area contributed by atoms with Crippen molar-refractivity contribution in [3.63, 3.8) is 0 Å². The van der Waals surface area contributed by atoms with E-state index in [0.29, 0.717) is 17.7 Å². The molecule has 0 spiro atoms. The largest absolute Gasteiger partial charge is 0.396 e. The number of carbonyl (C=O) groups is 1. The summed E-state index contributed by atoms with van der Waals surface area (Å²) < 4.78 is 0. The summed E-state index contributed by atoms with van der Waals surface area (Å²) in [5, 5.41) is 22.4. The van der Waals surface area contributed by atoms with E-state index in [-0.39, 0.29) is 18.2 Å². The molecule has 0 heterocycles. The highest BCUT2D eigenvalue weighted by Gasteiger charge is 2.09. The molecule has 2 aromatic rings. The maximum atomic E-state index is 11.9. The zero-order valence-corrected chi connectivity index (χ0v) is 12.3. The first-order valence-corrected chi connectivity index (χ1v) is 7.02. The van der Waals surface area contributed by atoms with Crippen molar-refractivity contribution in [3.8, 4) is 0 Å². The molecule has 6 heteroatoms. The van der Waals surface area contributed by atoms with Crippen molar-refractivity contribution in [2.75, 3.05) is 11.9 Å². The second-order valence-corrected chi connectivity index (χ2v) is 4.81. The van der Waals surface area contributed by atoms with Crippen LogP contribution in [0.4, 0.5) is 11.4 Å². The van der Waals surface area contributed by atoms with Crippen molar-refractivity contribution in [3.05, 3.63) is 75.8 Å². The van der Waals surface area contributed by atoms with Gasteiger partial charge in [0.1, 0.15) is 0 Å². The minimum Gasteiger partial charge on any atom is -0.396 e. The molecular formula is C17H16N2O4. The van der Waals surface area contributed by atoms with Gasteiger partial charge in [0.2, 0.25) is 5.91 Å². The Morgan fingerprint density at radius 1 is 1.17 bits per heavy atom. The third-order valence-electron chi connectivity index (χ3n) is 3.17. The maximum Gasteiger partial charge on any atom is 0.276 e. The molecule has 23 heavy (non-hydrogen) atoms. The van der Waals surface area contributed by atoms with Crippen LogP contribution >= 0.6 is 0 Å². The Labute approximate surface area is 133 Å². The third kappa shape index (κ3) is 4.76. The molecule has 0 aliphatic rings. The minimum absolute atomic E-state index is 0.0510. The number of carbonyl (C=O) groups excluding carboxylic acids is 1. The van der Waals surface area contributed by atoms with E-state index in [2.05, 4.69) is 5.32 Å². The molecule has 2 N–H and O–H groups in total.